The first-order valence-corrected chi connectivity index (χ1v) is 7.61. The van der Waals surface area contributed by atoms with Crippen molar-refractivity contribution in [2.45, 2.75) is 12.5 Å². The Kier molecular flexibility index (Phi) is 4.52. The maximum atomic E-state index is 13.5. The number of amides is 1. The quantitative estimate of drug-likeness (QED) is 0.504. The highest BCUT2D eigenvalue weighted by atomic mass is 32.1. The van der Waals surface area contributed by atoms with E-state index in [9.17, 15) is 14.0 Å². The molecule has 0 radical (unpaired) electrons. The molecule has 1 atom stereocenters. The van der Waals surface area contributed by atoms with Crippen molar-refractivity contribution in [2.75, 3.05) is 0 Å². The van der Waals surface area contributed by atoms with Crippen LogP contribution in [0.1, 0.15) is 15.9 Å². The van der Waals surface area contributed by atoms with Crippen LogP contribution in [-0.2, 0) is 11.2 Å². The monoisotopic (exact) mass is 344 g/mol. The SMILES string of the molecule is O=C(Oc1ccc(CC2NC(=S)NC2=O)cc1)c1ccccc1F. The van der Waals surface area contributed by atoms with Crippen LogP contribution in [0.5, 0.6) is 5.75 Å². The molecule has 1 fully saturated rings. The number of hydrogen-bond acceptors (Lipinski definition) is 4. The van der Waals surface area contributed by atoms with Crippen LogP contribution in [0.15, 0.2) is 48.5 Å². The molecular formula is C17H13FN2O3S. The summed E-state index contributed by atoms with van der Waals surface area (Å²) < 4.78 is 18.7. The Morgan fingerprint density at radius 3 is 2.50 bits per heavy atom. The van der Waals surface area contributed by atoms with Gasteiger partial charge in [0.05, 0.1) is 5.56 Å². The summed E-state index contributed by atoms with van der Waals surface area (Å²) in [7, 11) is 0. The molecule has 5 nitrogen and oxygen atoms in total. The number of halogens is 1. The molecule has 24 heavy (non-hydrogen) atoms. The standard InChI is InChI=1S/C17H13FN2O3S/c18-13-4-2-1-3-12(13)16(22)23-11-7-5-10(6-8-11)9-14-15(21)20-17(24)19-14/h1-8,14H,9H2,(H2,19,20,21,24). The number of thiocarbonyl (C=S) groups is 1. The van der Waals surface area contributed by atoms with E-state index in [1.54, 1.807) is 30.3 Å². The lowest BCUT2D eigenvalue weighted by molar-refractivity contribution is -0.120. The molecule has 1 saturated heterocycles. The van der Waals surface area contributed by atoms with Crippen molar-refractivity contribution in [1.29, 1.82) is 0 Å². The second kappa shape index (κ2) is 6.76. The van der Waals surface area contributed by atoms with Gasteiger partial charge in [0, 0.05) is 6.42 Å². The summed E-state index contributed by atoms with van der Waals surface area (Å²) in [4.78, 5) is 23.6. The van der Waals surface area contributed by atoms with E-state index in [0.717, 1.165) is 5.56 Å². The summed E-state index contributed by atoms with van der Waals surface area (Å²) in [5.74, 6) is -1.27. The molecule has 1 aliphatic heterocycles. The van der Waals surface area contributed by atoms with Gasteiger partial charge in [0.15, 0.2) is 5.11 Å². The highest BCUT2D eigenvalue weighted by Crippen LogP contribution is 2.17. The maximum Gasteiger partial charge on any atom is 0.346 e. The number of nitrogens with one attached hydrogen (secondary N) is 2. The predicted molar refractivity (Wildman–Crippen MR) is 89.2 cm³/mol. The van der Waals surface area contributed by atoms with Crippen molar-refractivity contribution < 1.29 is 18.7 Å². The van der Waals surface area contributed by atoms with E-state index in [0.29, 0.717) is 17.3 Å². The lowest BCUT2D eigenvalue weighted by Crippen LogP contribution is -2.30. The molecule has 0 aliphatic carbocycles. The fraction of sp³-hybridized carbons (Fsp3) is 0.118. The van der Waals surface area contributed by atoms with E-state index < -0.39 is 17.8 Å². The van der Waals surface area contributed by atoms with Crippen LogP contribution in [-0.4, -0.2) is 23.0 Å². The maximum absolute atomic E-state index is 13.5. The highest BCUT2D eigenvalue weighted by Gasteiger charge is 2.26. The largest absolute Gasteiger partial charge is 0.423 e. The third kappa shape index (κ3) is 3.57. The molecular weight excluding hydrogens is 331 g/mol. The van der Waals surface area contributed by atoms with Crippen LogP contribution in [0.25, 0.3) is 0 Å². The molecule has 1 amide bonds. The average Bonchev–Trinajstić information content (AvgIpc) is 2.87. The summed E-state index contributed by atoms with van der Waals surface area (Å²) in [6, 6.07) is 11.9. The lowest BCUT2D eigenvalue weighted by atomic mass is 10.1. The van der Waals surface area contributed by atoms with Crippen molar-refractivity contribution >= 4 is 29.2 Å². The molecule has 0 saturated carbocycles. The summed E-state index contributed by atoms with van der Waals surface area (Å²) in [5, 5.41) is 5.71. The van der Waals surface area contributed by atoms with Gasteiger partial charge in [-0.1, -0.05) is 24.3 Å². The summed E-state index contributed by atoms with van der Waals surface area (Å²) in [6.07, 6.45) is 0.452. The first-order valence-electron chi connectivity index (χ1n) is 7.20. The topological polar surface area (TPSA) is 67.4 Å². The zero-order valence-electron chi connectivity index (χ0n) is 12.4. The van der Waals surface area contributed by atoms with E-state index in [1.165, 1.54) is 18.2 Å². The van der Waals surface area contributed by atoms with Crippen molar-refractivity contribution in [1.82, 2.24) is 10.6 Å². The molecule has 7 heteroatoms. The van der Waals surface area contributed by atoms with Crippen LogP contribution < -0.4 is 15.4 Å². The smallest absolute Gasteiger partial charge is 0.346 e. The normalized spacial score (nSPS) is 16.5. The summed E-state index contributed by atoms with van der Waals surface area (Å²) in [5.41, 5.74) is 0.750. The minimum Gasteiger partial charge on any atom is -0.423 e. The van der Waals surface area contributed by atoms with Gasteiger partial charge in [0.1, 0.15) is 17.6 Å². The summed E-state index contributed by atoms with van der Waals surface area (Å²) >= 11 is 4.88. The molecule has 0 spiro atoms. The van der Waals surface area contributed by atoms with E-state index in [1.807, 2.05) is 0 Å². The van der Waals surface area contributed by atoms with E-state index >= 15 is 0 Å². The number of hydrogen-bond donors (Lipinski definition) is 2. The van der Waals surface area contributed by atoms with Gasteiger partial charge in [-0.25, -0.2) is 9.18 Å². The Hall–Kier alpha value is -2.80. The Balaban J connectivity index is 1.64. The van der Waals surface area contributed by atoms with E-state index in [4.69, 9.17) is 17.0 Å². The first-order chi connectivity index (χ1) is 11.5. The summed E-state index contributed by atoms with van der Waals surface area (Å²) in [6.45, 7) is 0. The van der Waals surface area contributed by atoms with Crippen molar-refractivity contribution in [2.24, 2.45) is 0 Å². The van der Waals surface area contributed by atoms with Gasteiger partial charge in [-0.05, 0) is 42.0 Å². The number of esters is 1. The second-order valence-corrected chi connectivity index (χ2v) is 5.64. The zero-order valence-corrected chi connectivity index (χ0v) is 13.2. The van der Waals surface area contributed by atoms with Gasteiger partial charge < -0.3 is 15.4 Å². The van der Waals surface area contributed by atoms with Gasteiger partial charge in [-0.2, -0.15) is 0 Å². The molecule has 3 rings (SSSR count). The Bertz CT molecular complexity index is 808. The fourth-order valence-electron chi connectivity index (χ4n) is 2.32. The third-order valence-electron chi connectivity index (χ3n) is 3.53. The van der Waals surface area contributed by atoms with Crippen LogP contribution in [0.4, 0.5) is 4.39 Å². The van der Waals surface area contributed by atoms with Gasteiger partial charge in [-0.15, -0.1) is 0 Å². The molecule has 2 aromatic carbocycles. The van der Waals surface area contributed by atoms with E-state index in [2.05, 4.69) is 10.6 Å². The molecule has 2 N–H and O–H groups in total. The minimum atomic E-state index is -0.761. The number of benzene rings is 2. The number of rotatable bonds is 4. The number of carbonyl (C=O) groups is 2. The predicted octanol–water partition coefficient (Wildman–Crippen LogP) is 1.96. The van der Waals surface area contributed by atoms with Crippen LogP contribution >= 0.6 is 12.2 Å². The minimum absolute atomic E-state index is 0.123. The van der Waals surface area contributed by atoms with E-state index in [-0.39, 0.29) is 11.5 Å². The Morgan fingerprint density at radius 1 is 1.17 bits per heavy atom. The molecule has 1 unspecified atom stereocenters. The second-order valence-electron chi connectivity index (χ2n) is 5.23. The molecule has 2 aromatic rings. The third-order valence-corrected chi connectivity index (χ3v) is 3.75. The van der Waals surface area contributed by atoms with Gasteiger partial charge in [0.2, 0.25) is 5.91 Å². The van der Waals surface area contributed by atoms with Crippen LogP contribution in [0.3, 0.4) is 0 Å². The Morgan fingerprint density at radius 2 is 1.88 bits per heavy atom. The Labute approximate surface area is 142 Å². The number of carbonyl (C=O) groups excluding carboxylic acids is 2. The molecule has 1 heterocycles. The first kappa shape index (κ1) is 16.1. The molecule has 0 bridgehead atoms. The average molecular weight is 344 g/mol. The van der Waals surface area contributed by atoms with Crippen molar-refractivity contribution in [3.8, 4) is 5.75 Å². The number of ether oxygens (including phenoxy) is 1. The fourth-order valence-corrected chi connectivity index (χ4v) is 2.56. The zero-order chi connectivity index (χ0) is 17.1. The highest BCUT2D eigenvalue weighted by molar-refractivity contribution is 7.80. The van der Waals surface area contributed by atoms with Gasteiger partial charge in [0.25, 0.3) is 0 Å². The van der Waals surface area contributed by atoms with Gasteiger partial charge in [-0.3, -0.25) is 4.79 Å². The van der Waals surface area contributed by atoms with Gasteiger partial charge >= 0.3 is 5.97 Å². The lowest BCUT2D eigenvalue weighted by Gasteiger charge is -2.09. The van der Waals surface area contributed by atoms with Crippen molar-refractivity contribution in [3.05, 3.63) is 65.5 Å². The molecule has 122 valence electrons. The van der Waals surface area contributed by atoms with Crippen LogP contribution in [0.2, 0.25) is 0 Å². The molecule has 0 aromatic heterocycles. The van der Waals surface area contributed by atoms with Crippen LogP contribution in [0, 0.1) is 5.82 Å². The molecule has 1 aliphatic rings. The van der Waals surface area contributed by atoms with Crippen molar-refractivity contribution in [3.63, 3.8) is 0 Å².